The lowest BCUT2D eigenvalue weighted by Crippen LogP contribution is -2.31. The van der Waals surface area contributed by atoms with E-state index in [9.17, 15) is 9.90 Å². The summed E-state index contributed by atoms with van der Waals surface area (Å²) in [6.07, 6.45) is 0.769. The Balaban J connectivity index is 2.30. The van der Waals surface area contributed by atoms with Crippen LogP contribution in [0.15, 0.2) is 24.3 Å². The number of aryl methyl sites for hydroxylation is 1. The molecule has 1 unspecified atom stereocenters. The second-order valence-corrected chi connectivity index (χ2v) is 3.81. The van der Waals surface area contributed by atoms with E-state index in [-0.39, 0.29) is 6.04 Å². The first-order valence-corrected chi connectivity index (χ1v) is 5.29. The number of rotatable bonds is 2. The summed E-state index contributed by atoms with van der Waals surface area (Å²) in [5.74, 6) is 0. The van der Waals surface area contributed by atoms with Gasteiger partial charge in [0.1, 0.15) is 0 Å². The maximum absolute atomic E-state index is 10.9. The Morgan fingerprint density at radius 3 is 2.87 bits per heavy atom. The molecule has 0 N–H and O–H groups in total. The molecule has 1 amide bonds. The maximum atomic E-state index is 10.9. The monoisotopic (exact) mass is 204 g/mol. The quantitative estimate of drug-likeness (QED) is 0.729. The van der Waals surface area contributed by atoms with Crippen molar-refractivity contribution in [1.29, 1.82) is 0 Å². The van der Waals surface area contributed by atoms with Crippen molar-refractivity contribution >= 4 is 6.09 Å². The van der Waals surface area contributed by atoms with Crippen LogP contribution < -0.4 is 0 Å². The summed E-state index contributed by atoms with van der Waals surface area (Å²) in [7, 11) is 0. The molecule has 1 radical (unpaired) electrons. The highest BCUT2D eigenvalue weighted by Crippen LogP contribution is 2.35. The van der Waals surface area contributed by atoms with Gasteiger partial charge in [0.2, 0.25) is 0 Å². The van der Waals surface area contributed by atoms with E-state index >= 15 is 0 Å². The van der Waals surface area contributed by atoms with Gasteiger partial charge >= 0.3 is 6.09 Å². The van der Waals surface area contributed by atoms with E-state index in [0.717, 1.165) is 18.4 Å². The summed E-state index contributed by atoms with van der Waals surface area (Å²) >= 11 is 0. The second-order valence-electron chi connectivity index (χ2n) is 3.81. The Bertz CT molecular complexity index is 376. The van der Waals surface area contributed by atoms with Gasteiger partial charge in [0.25, 0.3) is 0 Å². The van der Waals surface area contributed by atoms with E-state index in [1.165, 1.54) is 10.5 Å². The van der Waals surface area contributed by atoms with Crippen LogP contribution in [0.2, 0.25) is 0 Å². The predicted octanol–water partition coefficient (Wildman–Crippen LogP) is 2.55. The van der Waals surface area contributed by atoms with Crippen molar-refractivity contribution in [3.63, 3.8) is 0 Å². The van der Waals surface area contributed by atoms with Crippen molar-refractivity contribution < 1.29 is 9.90 Å². The van der Waals surface area contributed by atoms with Crippen molar-refractivity contribution in [3.05, 3.63) is 35.4 Å². The predicted molar refractivity (Wildman–Crippen MR) is 56.0 cm³/mol. The van der Waals surface area contributed by atoms with E-state index in [2.05, 4.69) is 6.07 Å². The van der Waals surface area contributed by atoms with Crippen molar-refractivity contribution in [1.82, 2.24) is 4.90 Å². The van der Waals surface area contributed by atoms with Gasteiger partial charge in [-0.05, 0) is 30.9 Å². The normalized spacial score (nSPS) is 18.6. The first kappa shape index (κ1) is 10.0. The Labute approximate surface area is 89.3 Å². The molecule has 1 aromatic carbocycles. The maximum Gasteiger partial charge on any atom is 0.453 e. The Morgan fingerprint density at radius 2 is 2.20 bits per heavy atom. The number of benzene rings is 1. The minimum Gasteiger partial charge on any atom is -0.298 e. The molecule has 3 nitrogen and oxygen atoms in total. The number of hydrogen-bond acceptors (Lipinski definition) is 1. The smallest absolute Gasteiger partial charge is 0.298 e. The van der Waals surface area contributed by atoms with Gasteiger partial charge in [0.15, 0.2) is 0 Å². The zero-order valence-electron chi connectivity index (χ0n) is 8.77. The molecule has 0 bridgehead atoms. The van der Waals surface area contributed by atoms with E-state index in [4.69, 9.17) is 0 Å². The van der Waals surface area contributed by atoms with Crippen molar-refractivity contribution in [3.8, 4) is 0 Å². The van der Waals surface area contributed by atoms with Crippen molar-refractivity contribution in [2.75, 3.05) is 6.54 Å². The average Bonchev–Trinajstić information content (AvgIpc) is 2.63. The van der Waals surface area contributed by atoms with Crippen LogP contribution in [0.25, 0.3) is 0 Å². The molecule has 1 atom stereocenters. The van der Waals surface area contributed by atoms with Gasteiger partial charge in [-0.2, -0.15) is 0 Å². The number of hydrogen-bond donors (Lipinski definition) is 0. The highest BCUT2D eigenvalue weighted by Gasteiger charge is 2.30. The van der Waals surface area contributed by atoms with E-state index in [1.54, 1.807) is 0 Å². The van der Waals surface area contributed by atoms with Crippen LogP contribution >= 0.6 is 0 Å². The molecule has 0 saturated heterocycles. The molecule has 0 aliphatic heterocycles. The lowest BCUT2D eigenvalue weighted by atomic mass is 10.1. The highest BCUT2D eigenvalue weighted by atomic mass is 16.4. The summed E-state index contributed by atoms with van der Waals surface area (Å²) in [5.41, 5.74) is 2.41. The molecule has 15 heavy (non-hydrogen) atoms. The van der Waals surface area contributed by atoms with E-state index < -0.39 is 6.09 Å². The van der Waals surface area contributed by atoms with Gasteiger partial charge in [-0.3, -0.25) is 4.90 Å². The molecule has 0 heterocycles. The zero-order chi connectivity index (χ0) is 10.8. The summed E-state index contributed by atoms with van der Waals surface area (Å²) in [4.78, 5) is 12.4. The van der Waals surface area contributed by atoms with Crippen LogP contribution in [0.3, 0.4) is 0 Å². The van der Waals surface area contributed by atoms with Crippen LogP contribution in [0, 0.1) is 0 Å². The lowest BCUT2D eigenvalue weighted by Gasteiger charge is -2.24. The third kappa shape index (κ3) is 1.69. The highest BCUT2D eigenvalue weighted by molar-refractivity contribution is 5.65. The molecule has 79 valence electrons. The third-order valence-corrected chi connectivity index (χ3v) is 3.05. The number of amides is 1. The first-order valence-electron chi connectivity index (χ1n) is 5.29. The molecule has 0 spiro atoms. The molecule has 2 rings (SSSR count). The van der Waals surface area contributed by atoms with Crippen LogP contribution in [0.1, 0.15) is 30.5 Å². The summed E-state index contributed by atoms with van der Waals surface area (Å²) < 4.78 is 0. The summed E-state index contributed by atoms with van der Waals surface area (Å²) in [6, 6.07) is 8.03. The topological polar surface area (TPSA) is 40.2 Å². The van der Waals surface area contributed by atoms with Crippen LogP contribution in [-0.2, 0) is 11.5 Å². The summed E-state index contributed by atoms with van der Waals surface area (Å²) in [5, 5.41) is 10.9. The minimum atomic E-state index is -1.07. The second kappa shape index (κ2) is 3.93. The molecule has 0 saturated carbocycles. The van der Waals surface area contributed by atoms with Gasteiger partial charge in [0, 0.05) is 6.54 Å². The zero-order valence-corrected chi connectivity index (χ0v) is 8.77. The van der Waals surface area contributed by atoms with E-state index in [0.29, 0.717) is 6.54 Å². The van der Waals surface area contributed by atoms with Gasteiger partial charge in [-0.1, -0.05) is 24.3 Å². The Kier molecular flexibility index (Phi) is 2.62. The molecule has 1 aliphatic rings. The van der Waals surface area contributed by atoms with Gasteiger partial charge in [-0.25, -0.2) is 9.90 Å². The third-order valence-electron chi connectivity index (χ3n) is 3.05. The Morgan fingerprint density at radius 1 is 1.47 bits per heavy atom. The average molecular weight is 204 g/mol. The Hall–Kier alpha value is -1.51. The van der Waals surface area contributed by atoms with Crippen LogP contribution in [0.4, 0.5) is 4.79 Å². The van der Waals surface area contributed by atoms with Gasteiger partial charge in [-0.15, -0.1) is 0 Å². The largest absolute Gasteiger partial charge is 0.453 e. The summed E-state index contributed by atoms with van der Waals surface area (Å²) in [6.45, 7) is 2.33. The van der Waals surface area contributed by atoms with Crippen LogP contribution in [-0.4, -0.2) is 17.5 Å². The molecule has 1 aromatic rings. The SMILES string of the molecule is CCN(C([O])=O)C1CCc2ccccc21. The van der Waals surface area contributed by atoms with Gasteiger partial charge in [0.05, 0.1) is 6.04 Å². The fourth-order valence-corrected chi connectivity index (χ4v) is 2.34. The molecular formula is C12H14NO2. The molecule has 1 aliphatic carbocycles. The van der Waals surface area contributed by atoms with Crippen molar-refractivity contribution in [2.24, 2.45) is 0 Å². The number of carbonyl (C=O) groups is 1. The number of carbonyl (C=O) groups excluding carboxylic acids is 1. The fourth-order valence-electron chi connectivity index (χ4n) is 2.34. The molecular weight excluding hydrogens is 190 g/mol. The number of fused-ring (bicyclic) bond motifs is 1. The molecule has 0 fully saturated rings. The molecule has 0 aromatic heterocycles. The molecule has 3 heteroatoms. The first-order chi connectivity index (χ1) is 7.24. The van der Waals surface area contributed by atoms with Gasteiger partial charge < -0.3 is 0 Å². The lowest BCUT2D eigenvalue weighted by molar-refractivity contribution is 0.103. The minimum absolute atomic E-state index is 0.00352. The number of nitrogens with zero attached hydrogens (tertiary/aromatic N) is 1. The van der Waals surface area contributed by atoms with E-state index in [1.807, 2.05) is 25.1 Å². The van der Waals surface area contributed by atoms with Crippen molar-refractivity contribution in [2.45, 2.75) is 25.8 Å². The standard InChI is InChI=1S/C12H14NO2/c1-2-13(12(14)15)11-8-7-9-5-3-4-6-10(9)11/h3-6,11H,2,7-8H2,1H3. The fraction of sp³-hybridized carbons (Fsp3) is 0.417. The van der Waals surface area contributed by atoms with Crippen LogP contribution in [0.5, 0.6) is 0 Å².